The van der Waals surface area contributed by atoms with Crippen LogP contribution in [-0.4, -0.2) is 0 Å². The fourth-order valence-corrected chi connectivity index (χ4v) is 0. The maximum absolute atomic E-state index is 2.08. The van der Waals surface area contributed by atoms with Gasteiger partial charge in [0.15, 0.2) is 0 Å². The largest absolute Gasteiger partial charge is 0.0890 e. The van der Waals surface area contributed by atoms with Crippen molar-refractivity contribution in [1.29, 1.82) is 0 Å². The molecule has 0 amide bonds. The molecular formula is C5H10Cu. The van der Waals surface area contributed by atoms with Crippen LogP contribution in [0.1, 0.15) is 20.8 Å². The Morgan fingerprint density at radius 2 is 1.50 bits per heavy atom. The molecule has 0 fully saturated rings. The van der Waals surface area contributed by atoms with E-state index < -0.39 is 0 Å². The summed E-state index contributed by atoms with van der Waals surface area (Å²) in [5.41, 5.74) is 1.38. The first-order valence-corrected chi connectivity index (χ1v) is 1.87. The van der Waals surface area contributed by atoms with E-state index in [4.69, 9.17) is 0 Å². The van der Waals surface area contributed by atoms with E-state index in [0.717, 1.165) is 0 Å². The molecule has 1 radical (unpaired) electrons. The number of rotatable bonds is 0. The first-order chi connectivity index (χ1) is 2.27. The third-order valence-corrected chi connectivity index (χ3v) is 0.577. The second-order valence-corrected chi connectivity index (χ2v) is 1.37. The van der Waals surface area contributed by atoms with E-state index in [9.17, 15) is 0 Å². The topological polar surface area (TPSA) is 0 Å². The molecule has 0 heterocycles. The van der Waals surface area contributed by atoms with Gasteiger partial charge in [0.1, 0.15) is 0 Å². The molecule has 0 saturated carbocycles. The van der Waals surface area contributed by atoms with Gasteiger partial charge >= 0.3 is 0 Å². The van der Waals surface area contributed by atoms with Crippen LogP contribution in [0.2, 0.25) is 0 Å². The molecule has 0 aliphatic rings. The monoisotopic (exact) mass is 133 g/mol. The van der Waals surface area contributed by atoms with Gasteiger partial charge in [0.05, 0.1) is 0 Å². The summed E-state index contributed by atoms with van der Waals surface area (Å²) < 4.78 is 0. The van der Waals surface area contributed by atoms with Crippen LogP contribution < -0.4 is 0 Å². The van der Waals surface area contributed by atoms with Gasteiger partial charge in [0.25, 0.3) is 0 Å². The molecule has 0 aromatic rings. The first kappa shape index (κ1) is 9.54. The van der Waals surface area contributed by atoms with Crippen LogP contribution in [0.25, 0.3) is 0 Å². The third kappa shape index (κ3) is 8.86. The van der Waals surface area contributed by atoms with E-state index in [2.05, 4.69) is 19.9 Å². The molecule has 0 aliphatic carbocycles. The molecule has 0 saturated heterocycles. The van der Waals surface area contributed by atoms with Crippen LogP contribution in [0, 0.1) is 0 Å². The molecule has 0 aromatic heterocycles. The van der Waals surface area contributed by atoms with Gasteiger partial charge in [-0.3, -0.25) is 0 Å². The molecule has 0 rings (SSSR count). The van der Waals surface area contributed by atoms with Crippen molar-refractivity contribution in [2.75, 3.05) is 0 Å². The summed E-state index contributed by atoms with van der Waals surface area (Å²) >= 11 is 0. The minimum absolute atomic E-state index is 0. The zero-order valence-corrected chi connectivity index (χ0v) is 5.32. The summed E-state index contributed by atoms with van der Waals surface area (Å²) in [5, 5.41) is 0. The fourth-order valence-electron chi connectivity index (χ4n) is 0. The average molecular weight is 134 g/mol. The van der Waals surface area contributed by atoms with E-state index in [1.807, 2.05) is 6.92 Å². The SMILES string of the molecule is CC=C(C)C.[Cu]. The molecule has 0 N–H and O–H groups in total. The van der Waals surface area contributed by atoms with Crippen molar-refractivity contribution in [2.45, 2.75) is 20.8 Å². The van der Waals surface area contributed by atoms with Gasteiger partial charge in [-0.05, 0) is 20.8 Å². The Bertz CT molecular complexity index is 41.9. The molecule has 1 heteroatoms. The molecule has 0 spiro atoms. The third-order valence-electron chi connectivity index (χ3n) is 0.577. The van der Waals surface area contributed by atoms with Crippen molar-refractivity contribution < 1.29 is 17.1 Å². The first-order valence-electron chi connectivity index (χ1n) is 1.87. The minimum atomic E-state index is 0. The van der Waals surface area contributed by atoms with Gasteiger partial charge in [0.2, 0.25) is 0 Å². The van der Waals surface area contributed by atoms with Crippen molar-refractivity contribution in [1.82, 2.24) is 0 Å². The van der Waals surface area contributed by atoms with Gasteiger partial charge in [-0.2, -0.15) is 0 Å². The summed E-state index contributed by atoms with van der Waals surface area (Å²) in [6.45, 7) is 6.20. The molecule has 0 aromatic carbocycles. The van der Waals surface area contributed by atoms with Gasteiger partial charge in [0, 0.05) is 17.1 Å². The van der Waals surface area contributed by atoms with Crippen molar-refractivity contribution >= 4 is 0 Å². The average Bonchev–Trinajstić information content (AvgIpc) is 1.38. The minimum Gasteiger partial charge on any atom is -0.0890 e. The number of hydrogen-bond donors (Lipinski definition) is 0. The summed E-state index contributed by atoms with van der Waals surface area (Å²) in [5.74, 6) is 0. The Morgan fingerprint density at radius 1 is 1.33 bits per heavy atom. The van der Waals surface area contributed by atoms with Crippen molar-refractivity contribution in [3.8, 4) is 0 Å². The quantitative estimate of drug-likeness (QED) is 0.350. The Morgan fingerprint density at radius 3 is 1.50 bits per heavy atom. The van der Waals surface area contributed by atoms with Crippen molar-refractivity contribution in [3.05, 3.63) is 11.6 Å². The smallest absolute Gasteiger partial charge is 0 e. The van der Waals surface area contributed by atoms with Crippen LogP contribution in [0.3, 0.4) is 0 Å². The molecule has 6 heavy (non-hydrogen) atoms. The van der Waals surface area contributed by atoms with E-state index in [1.165, 1.54) is 5.57 Å². The maximum Gasteiger partial charge on any atom is 0 e. The predicted molar refractivity (Wildman–Crippen MR) is 25.1 cm³/mol. The van der Waals surface area contributed by atoms with Gasteiger partial charge in [-0.15, -0.1) is 0 Å². The van der Waals surface area contributed by atoms with Gasteiger partial charge in [-0.25, -0.2) is 0 Å². The molecular weight excluding hydrogens is 124 g/mol. The Labute approximate surface area is 50.1 Å². The molecule has 0 bridgehead atoms. The molecule has 0 aliphatic heterocycles. The Hall–Kier alpha value is 0.259. The fraction of sp³-hybridized carbons (Fsp3) is 0.600. The molecule has 0 nitrogen and oxygen atoms in total. The molecule has 0 atom stereocenters. The molecule has 0 unspecified atom stereocenters. The maximum atomic E-state index is 2.08. The van der Waals surface area contributed by atoms with Gasteiger partial charge in [-0.1, -0.05) is 11.6 Å². The van der Waals surface area contributed by atoms with E-state index in [1.54, 1.807) is 0 Å². The molecule has 41 valence electrons. The van der Waals surface area contributed by atoms with Crippen LogP contribution in [-0.2, 0) is 17.1 Å². The van der Waals surface area contributed by atoms with Crippen LogP contribution in [0.15, 0.2) is 11.6 Å². The standard InChI is InChI=1S/C5H10.Cu/c1-4-5(2)3;/h4H,1-3H3;. The predicted octanol–water partition coefficient (Wildman–Crippen LogP) is 1.97. The second kappa shape index (κ2) is 5.26. The van der Waals surface area contributed by atoms with Crippen LogP contribution in [0.4, 0.5) is 0 Å². The summed E-state index contributed by atoms with van der Waals surface area (Å²) in [6.07, 6.45) is 2.08. The van der Waals surface area contributed by atoms with Crippen molar-refractivity contribution in [2.24, 2.45) is 0 Å². The van der Waals surface area contributed by atoms with E-state index in [0.29, 0.717) is 0 Å². The van der Waals surface area contributed by atoms with Crippen LogP contribution in [0.5, 0.6) is 0 Å². The van der Waals surface area contributed by atoms with E-state index >= 15 is 0 Å². The zero-order chi connectivity index (χ0) is 4.28. The van der Waals surface area contributed by atoms with Gasteiger partial charge < -0.3 is 0 Å². The normalized spacial score (nSPS) is 5.83. The zero-order valence-electron chi connectivity index (χ0n) is 4.38. The van der Waals surface area contributed by atoms with E-state index in [-0.39, 0.29) is 17.1 Å². The number of allylic oxidation sites excluding steroid dienone is 2. The summed E-state index contributed by atoms with van der Waals surface area (Å²) in [7, 11) is 0. The van der Waals surface area contributed by atoms with Crippen molar-refractivity contribution in [3.63, 3.8) is 0 Å². The number of hydrogen-bond acceptors (Lipinski definition) is 0. The second-order valence-electron chi connectivity index (χ2n) is 1.37. The summed E-state index contributed by atoms with van der Waals surface area (Å²) in [6, 6.07) is 0. The Kier molecular flexibility index (Phi) is 8.37. The Balaban J connectivity index is 0. The summed E-state index contributed by atoms with van der Waals surface area (Å²) in [4.78, 5) is 0. The van der Waals surface area contributed by atoms with Crippen LogP contribution >= 0.6 is 0 Å².